The van der Waals surface area contributed by atoms with Gasteiger partial charge in [0, 0.05) is 0 Å². The maximum absolute atomic E-state index is 12.4. The molecule has 0 saturated heterocycles. The fourth-order valence-corrected chi connectivity index (χ4v) is 2.13. The smallest absolute Gasteiger partial charge is 0.305 e. The van der Waals surface area contributed by atoms with Crippen LogP contribution in [0.5, 0.6) is 0 Å². The number of benzene rings is 1. The summed E-state index contributed by atoms with van der Waals surface area (Å²) in [4.78, 5) is 50.2. The third-order valence-electron chi connectivity index (χ3n) is 3.28. The Hall–Kier alpha value is -3.10. The summed E-state index contributed by atoms with van der Waals surface area (Å²) in [5.41, 5.74) is 0.0119. The molecule has 8 nitrogen and oxygen atoms in total. The van der Waals surface area contributed by atoms with Crippen molar-refractivity contribution in [3.8, 4) is 0 Å². The van der Waals surface area contributed by atoms with Crippen LogP contribution in [0.4, 0.5) is 4.39 Å². The van der Waals surface area contributed by atoms with Crippen LogP contribution in [-0.4, -0.2) is 45.0 Å². The van der Waals surface area contributed by atoms with Gasteiger partial charge >= 0.3 is 5.97 Å². The Morgan fingerprint density at radius 2 is 2.00 bits per heavy atom. The van der Waals surface area contributed by atoms with E-state index in [0.717, 1.165) is 4.57 Å². The highest BCUT2D eigenvalue weighted by atomic mass is 19.1. The van der Waals surface area contributed by atoms with Crippen molar-refractivity contribution in [2.24, 2.45) is 0 Å². The molecule has 1 atom stereocenters. The molecular weight excluding hydrogens is 321 g/mol. The number of carbonyl (C=O) groups excluding carboxylic acids is 2. The molecule has 0 aliphatic heterocycles. The van der Waals surface area contributed by atoms with E-state index in [1.54, 1.807) is 24.3 Å². The van der Waals surface area contributed by atoms with Gasteiger partial charge in [-0.1, -0.05) is 12.1 Å². The monoisotopic (exact) mass is 335 g/mol. The summed E-state index contributed by atoms with van der Waals surface area (Å²) >= 11 is 0. The number of Topliss-reactive ketones (excluding diaryl/α,β-unsaturated/α-hetero) is 1. The van der Waals surface area contributed by atoms with Gasteiger partial charge in [0.2, 0.25) is 5.91 Å². The predicted molar refractivity (Wildman–Crippen MR) is 81.2 cm³/mol. The third kappa shape index (κ3) is 4.00. The number of alkyl halides is 1. The molecule has 1 aromatic heterocycles. The maximum atomic E-state index is 12.4. The SMILES string of the molecule is O=C(O)CC(NC(=O)Cn1cnc2ccccc2c1=O)C(=O)CF. The van der Waals surface area contributed by atoms with Gasteiger partial charge in [0.25, 0.3) is 5.56 Å². The van der Waals surface area contributed by atoms with Crippen molar-refractivity contribution in [3.63, 3.8) is 0 Å². The van der Waals surface area contributed by atoms with Crippen LogP contribution < -0.4 is 10.9 Å². The van der Waals surface area contributed by atoms with Crippen molar-refractivity contribution < 1.29 is 23.9 Å². The van der Waals surface area contributed by atoms with Crippen LogP contribution in [-0.2, 0) is 20.9 Å². The summed E-state index contributed by atoms with van der Waals surface area (Å²) in [6, 6.07) is 5.08. The minimum Gasteiger partial charge on any atom is -0.481 e. The minimum atomic E-state index is -1.48. The van der Waals surface area contributed by atoms with Crippen molar-refractivity contribution in [3.05, 3.63) is 40.9 Å². The molecular formula is C15H14FN3O5. The number of nitrogens with one attached hydrogen (secondary N) is 1. The number of carboxylic acids is 1. The normalized spacial score (nSPS) is 11.9. The van der Waals surface area contributed by atoms with Gasteiger partial charge in [-0.15, -0.1) is 0 Å². The molecule has 0 aliphatic rings. The fraction of sp³-hybridized carbons (Fsp3) is 0.267. The predicted octanol–water partition coefficient (Wildman–Crippen LogP) is -0.105. The first kappa shape index (κ1) is 17.3. The number of ketones is 1. The van der Waals surface area contributed by atoms with Crippen LogP contribution in [0.25, 0.3) is 10.9 Å². The van der Waals surface area contributed by atoms with Crippen molar-refractivity contribution >= 4 is 28.6 Å². The lowest BCUT2D eigenvalue weighted by Crippen LogP contribution is -2.45. The Bertz CT molecular complexity index is 848. The second kappa shape index (κ2) is 7.44. The molecule has 0 radical (unpaired) electrons. The van der Waals surface area contributed by atoms with Crippen molar-refractivity contribution in [2.45, 2.75) is 19.0 Å². The average molecular weight is 335 g/mol. The van der Waals surface area contributed by atoms with E-state index >= 15 is 0 Å². The van der Waals surface area contributed by atoms with E-state index < -0.39 is 48.9 Å². The van der Waals surface area contributed by atoms with Crippen LogP contribution in [0.15, 0.2) is 35.4 Å². The van der Waals surface area contributed by atoms with Gasteiger partial charge in [-0.25, -0.2) is 9.37 Å². The largest absolute Gasteiger partial charge is 0.481 e. The first-order chi connectivity index (χ1) is 11.4. The zero-order valence-electron chi connectivity index (χ0n) is 12.4. The molecule has 0 bridgehead atoms. The first-order valence-corrected chi connectivity index (χ1v) is 6.96. The molecule has 9 heteroatoms. The number of hydrogen-bond donors (Lipinski definition) is 2. The minimum absolute atomic E-state index is 0.315. The molecule has 1 aromatic carbocycles. The van der Waals surface area contributed by atoms with E-state index in [1.165, 1.54) is 6.33 Å². The van der Waals surface area contributed by atoms with E-state index in [0.29, 0.717) is 10.9 Å². The molecule has 1 unspecified atom stereocenters. The number of para-hydroxylation sites is 1. The third-order valence-corrected chi connectivity index (χ3v) is 3.28. The number of aliphatic carboxylic acids is 1. The molecule has 0 fully saturated rings. The zero-order chi connectivity index (χ0) is 17.7. The Morgan fingerprint density at radius 3 is 2.67 bits per heavy atom. The highest BCUT2D eigenvalue weighted by Crippen LogP contribution is 2.04. The first-order valence-electron chi connectivity index (χ1n) is 6.96. The maximum Gasteiger partial charge on any atom is 0.305 e. The molecule has 2 aromatic rings. The van der Waals surface area contributed by atoms with Gasteiger partial charge in [-0.3, -0.25) is 23.7 Å². The fourth-order valence-electron chi connectivity index (χ4n) is 2.13. The summed E-state index contributed by atoms with van der Waals surface area (Å²) < 4.78 is 13.5. The van der Waals surface area contributed by atoms with Gasteiger partial charge < -0.3 is 10.4 Å². The number of nitrogens with zero attached hydrogens (tertiary/aromatic N) is 2. The van der Waals surface area contributed by atoms with E-state index in [-0.39, 0.29) is 0 Å². The Morgan fingerprint density at radius 1 is 1.29 bits per heavy atom. The van der Waals surface area contributed by atoms with Crippen LogP contribution in [0.2, 0.25) is 0 Å². The van der Waals surface area contributed by atoms with Crippen molar-refractivity contribution in [2.75, 3.05) is 6.67 Å². The molecule has 0 spiro atoms. The van der Waals surface area contributed by atoms with Crippen molar-refractivity contribution in [1.82, 2.24) is 14.9 Å². The summed E-state index contributed by atoms with van der Waals surface area (Å²) in [6.07, 6.45) is 0.437. The zero-order valence-corrected chi connectivity index (χ0v) is 12.4. The van der Waals surface area contributed by atoms with Gasteiger partial charge in [0.1, 0.15) is 19.3 Å². The Kier molecular flexibility index (Phi) is 5.35. The van der Waals surface area contributed by atoms with Gasteiger partial charge in [0.15, 0.2) is 5.78 Å². The number of hydrogen-bond acceptors (Lipinski definition) is 5. The number of amides is 1. The summed E-state index contributed by atoms with van der Waals surface area (Å²) in [5.74, 6) is -3.19. The molecule has 1 heterocycles. The van der Waals surface area contributed by atoms with Crippen LogP contribution in [0.1, 0.15) is 6.42 Å². The van der Waals surface area contributed by atoms with Crippen LogP contribution in [0, 0.1) is 0 Å². The lowest BCUT2D eigenvalue weighted by Gasteiger charge is -2.15. The number of aromatic nitrogens is 2. The lowest BCUT2D eigenvalue weighted by molar-refractivity contribution is -0.140. The summed E-state index contributed by atoms with van der Waals surface area (Å²) in [7, 11) is 0. The van der Waals surface area contributed by atoms with E-state index in [1.807, 2.05) is 0 Å². The number of carbonyl (C=O) groups is 3. The number of fused-ring (bicyclic) bond motifs is 1. The molecule has 24 heavy (non-hydrogen) atoms. The standard InChI is InChI=1S/C15H14FN3O5/c16-6-12(20)11(5-14(22)23)18-13(21)7-19-8-17-10-4-2-1-3-9(10)15(19)24/h1-4,8,11H,5-7H2,(H,18,21)(H,22,23). The van der Waals surface area contributed by atoms with Crippen LogP contribution in [0.3, 0.4) is 0 Å². The van der Waals surface area contributed by atoms with Gasteiger partial charge in [0.05, 0.1) is 23.7 Å². The quantitative estimate of drug-likeness (QED) is 0.729. The van der Waals surface area contributed by atoms with E-state index in [2.05, 4.69) is 10.3 Å². The highest BCUT2D eigenvalue weighted by molar-refractivity contribution is 5.92. The second-order valence-electron chi connectivity index (χ2n) is 5.01. The van der Waals surface area contributed by atoms with Crippen molar-refractivity contribution in [1.29, 1.82) is 0 Å². The van der Waals surface area contributed by atoms with Crippen LogP contribution >= 0.6 is 0 Å². The Balaban J connectivity index is 2.16. The average Bonchev–Trinajstić information content (AvgIpc) is 2.56. The van der Waals surface area contributed by atoms with Gasteiger partial charge in [-0.05, 0) is 12.1 Å². The molecule has 2 rings (SSSR count). The van der Waals surface area contributed by atoms with Gasteiger partial charge in [-0.2, -0.15) is 0 Å². The molecule has 1 amide bonds. The topological polar surface area (TPSA) is 118 Å². The second-order valence-corrected chi connectivity index (χ2v) is 5.01. The molecule has 0 saturated carbocycles. The number of halogens is 1. The Labute approximate surface area is 134 Å². The number of rotatable bonds is 7. The molecule has 126 valence electrons. The molecule has 0 aliphatic carbocycles. The van der Waals surface area contributed by atoms with E-state index in [4.69, 9.17) is 5.11 Å². The number of carboxylic acid groups (broad SMARTS) is 1. The summed E-state index contributed by atoms with van der Waals surface area (Å²) in [6.45, 7) is -1.86. The molecule has 2 N–H and O–H groups in total. The van der Waals surface area contributed by atoms with E-state index in [9.17, 15) is 23.6 Å². The lowest BCUT2D eigenvalue weighted by atomic mass is 10.1. The summed E-state index contributed by atoms with van der Waals surface area (Å²) in [5, 5.41) is 11.1. The highest BCUT2D eigenvalue weighted by Gasteiger charge is 2.23.